The van der Waals surface area contributed by atoms with Crippen LogP contribution in [-0.4, -0.2) is 12.9 Å². The Hall–Kier alpha value is -1.31. The maximum absolute atomic E-state index is 11.9. The quantitative estimate of drug-likeness (QED) is 0.760. The molecule has 0 N–H and O–H groups in total. The second-order valence-corrected chi connectivity index (χ2v) is 4.08. The topological polar surface area (TPSA) is 26.3 Å². The average Bonchev–Trinajstić information content (AvgIpc) is 2.31. The largest absolute Gasteiger partial charge is 0.497 e. The number of benzene rings is 1. The summed E-state index contributed by atoms with van der Waals surface area (Å²) in [7, 11) is 1.65. The first-order chi connectivity index (χ1) is 7.60. The summed E-state index contributed by atoms with van der Waals surface area (Å²) in [5.41, 5.74) is 0.707. The molecular weight excluding hydrogens is 200 g/mol. The van der Waals surface area contributed by atoms with Crippen LogP contribution in [0, 0.1) is 0 Å². The number of hydrogen-bond donors (Lipinski definition) is 0. The molecule has 1 aromatic carbocycles. The lowest BCUT2D eigenvalue weighted by atomic mass is 9.73. The van der Waals surface area contributed by atoms with Crippen LogP contribution in [0.1, 0.15) is 39.2 Å². The van der Waals surface area contributed by atoms with Gasteiger partial charge in [0, 0.05) is 0 Å². The van der Waals surface area contributed by atoms with Crippen molar-refractivity contribution < 1.29 is 9.53 Å². The molecule has 0 radical (unpaired) electrons. The highest BCUT2D eigenvalue weighted by atomic mass is 16.5. The van der Waals surface area contributed by atoms with Gasteiger partial charge in [-0.15, -0.1) is 0 Å². The van der Waals surface area contributed by atoms with Crippen LogP contribution in [0.4, 0.5) is 0 Å². The zero-order valence-corrected chi connectivity index (χ0v) is 10.5. The van der Waals surface area contributed by atoms with Crippen molar-refractivity contribution in [3.63, 3.8) is 0 Å². The molecule has 0 saturated heterocycles. The van der Waals surface area contributed by atoms with Crippen LogP contribution in [-0.2, 0) is 10.2 Å². The molecule has 0 aliphatic carbocycles. The van der Waals surface area contributed by atoms with Gasteiger partial charge < -0.3 is 4.74 Å². The fourth-order valence-electron chi connectivity index (χ4n) is 2.28. The molecule has 1 aromatic rings. The summed E-state index contributed by atoms with van der Waals surface area (Å²) < 4.78 is 5.21. The minimum Gasteiger partial charge on any atom is -0.497 e. The van der Waals surface area contributed by atoms with Crippen LogP contribution in [0.3, 0.4) is 0 Å². The fraction of sp³-hybridized carbons (Fsp3) is 0.500. The number of carbonyl (C=O) groups excluding carboxylic acids is 1. The van der Waals surface area contributed by atoms with Crippen molar-refractivity contribution in [2.24, 2.45) is 0 Å². The van der Waals surface area contributed by atoms with Crippen molar-refractivity contribution >= 4 is 5.78 Å². The summed E-state index contributed by atoms with van der Waals surface area (Å²) in [5.74, 6) is 1.04. The Balaban J connectivity index is 3.25. The zero-order valence-electron chi connectivity index (χ0n) is 10.5. The normalized spacial score (nSPS) is 11.2. The van der Waals surface area contributed by atoms with E-state index in [4.69, 9.17) is 4.74 Å². The molecule has 0 aromatic heterocycles. The van der Waals surface area contributed by atoms with Crippen molar-refractivity contribution in [2.75, 3.05) is 7.11 Å². The van der Waals surface area contributed by atoms with Gasteiger partial charge in [0.25, 0.3) is 0 Å². The maximum atomic E-state index is 11.9. The molecule has 88 valence electrons. The standard InChI is InChI=1S/C14H20O2/c1-5-14(6-2,11(3)15)12-8-7-9-13(10-12)16-4/h7-10H,5-6H2,1-4H3. The van der Waals surface area contributed by atoms with E-state index in [2.05, 4.69) is 13.8 Å². The highest BCUT2D eigenvalue weighted by Crippen LogP contribution is 2.34. The van der Waals surface area contributed by atoms with E-state index < -0.39 is 0 Å². The second-order valence-electron chi connectivity index (χ2n) is 4.08. The van der Waals surface area contributed by atoms with Crippen LogP contribution in [0.5, 0.6) is 5.75 Å². The Labute approximate surface area is 97.6 Å². The molecule has 0 aliphatic rings. The van der Waals surface area contributed by atoms with E-state index in [1.54, 1.807) is 14.0 Å². The minimum atomic E-state index is -0.353. The van der Waals surface area contributed by atoms with Crippen LogP contribution in [0.2, 0.25) is 0 Å². The third-order valence-electron chi connectivity index (χ3n) is 3.50. The Morgan fingerprint density at radius 1 is 1.31 bits per heavy atom. The lowest BCUT2D eigenvalue weighted by Crippen LogP contribution is -2.32. The van der Waals surface area contributed by atoms with Crippen molar-refractivity contribution in [1.82, 2.24) is 0 Å². The van der Waals surface area contributed by atoms with Gasteiger partial charge in [-0.3, -0.25) is 4.79 Å². The second kappa shape index (κ2) is 5.15. The number of Topliss-reactive ketones (excluding diaryl/α,β-unsaturated/α-hetero) is 1. The van der Waals surface area contributed by atoms with Crippen molar-refractivity contribution in [2.45, 2.75) is 39.0 Å². The zero-order chi connectivity index (χ0) is 12.2. The van der Waals surface area contributed by atoms with Crippen molar-refractivity contribution in [3.8, 4) is 5.75 Å². The molecule has 0 aliphatic heterocycles. The highest BCUT2D eigenvalue weighted by Gasteiger charge is 2.33. The lowest BCUT2D eigenvalue weighted by molar-refractivity contribution is -0.122. The summed E-state index contributed by atoms with van der Waals surface area (Å²) in [5, 5.41) is 0. The number of ketones is 1. The van der Waals surface area contributed by atoms with Crippen LogP contribution in [0.15, 0.2) is 24.3 Å². The van der Waals surface area contributed by atoms with Crippen LogP contribution in [0.25, 0.3) is 0 Å². The van der Waals surface area contributed by atoms with Gasteiger partial charge in [0.1, 0.15) is 11.5 Å². The van der Waals surface area contributed by atoms with E-state index in [1.165, 1.54) is 0 Å². The monoisotopic (exact) mass is 220 g/mol. The van der Waals surface area contributed by atoms with E-state index in [9.17, 15) is 4.79 Å². The average molecular weight is 220 g/mol. The molecule has 0 heterocycles. The molecule has 16 heavy (non-hydrogen) atoms. The third kappa shape index (κ3) is 2.11. The van der Waals surface area contributed by atoms with Gasteiger partial charge in [0.2, 0.25) is 0 Å². The van der Waals surface area contributed by atoms with Gasteiger partial charge in [-0.25, -0.2) is 0 Å². The molecular formula is C14H20O2. The molecule has 2 nitrogen and oxygen atoms in total. The van der Waals surface area contributed by atoms with Crippen LogP contribution < -0.4 is 4.74 Å². The predicted molar refractivity (Wildman–Crippen MR) is 65.9 cm³/mol. The first-order valence-corrected chi connectivity index (χ1v) is 5.76. The number of ether oxygens (including phenoxy) is 1. The molecule has 0 saturated carbocycles. The fourth-order valence-corrected chi connectivity index (χ4v) is 2.28. The highest BCUT2D eigenvalue weighted by molar-refractivity contribution is 5.88. The van der Waals surface area contributed by atoms with Crippen molar-refractivity contribution in [1.29, 1.82) is 0 Å². The molecule has 0 amide bonds. The molecule has 0 unspecified atom stereocenters. The van der Waals surface area contributed by atoms with E-state index in [0.29, 0.717) is 0 Å². The predicted octanol–water partition coefficient (Wildman–Crippen LogP) is 3.34. The Bertz CT molecular complexity index is 365. The maximum Gasteiger partial charge on any atom is 0.140 e. The van der Waals surface area contributed by atoms with Gasteiger partial charge in [0.05, 0.1) is 12.5 Å². The van der Waals surface area contributed by atoms with Gasteiger partial charge in [-0.2, -0.15) is 0 Å². The smallest absolute Gasteiger partial charge is 0.140 e. The van der Waals surface area contributed by atoms with Gasteiger partial charge in [-0.1, -0.05) is 26.0 Å². The molecule has 0 atom stereocenters. The molecule has 0 bridgehead atoms. The summed E-state index contributed by atoms with van der Waals surface area (Å²) in [6, 6.07) is 7.82. The summed E-state index contributed by atoms with van der Waals surface area (Å²) in [4.78, 5) is 11.9. The van der Waals surface area contributed by atoms with Crippen molar-refractivity contribution in [3.05, 3.63) is 29.8 Å². The van der Waals surface area contributed by atoms with E-state index in [-0.39, 0.29) is 11.2 Å². The number of carbonyl (C=O) groups is 1. The SMILES string of the molecule is CCC(CC)(C(C)=O)c1cccc(OC)c1. The molecule has 0 spiro atoms. The summed E-state index contributed by atoms with van der Waals surface area (Å²) >= 11 is 0. The lowest BCUT2D eigenvalue weighted by Gasteiger charge is -2.29. The Morgan fingerprint density at radius 3 is 2.38 bits per heavy atom. The number of methoxy groups -OCH3 is 1. The van der Waals surface area contributed by atoms with Gasteiger partial charge in [-0.05, 0) is 37.5 Å². The molecule has 1 rings (SSSR count). The van der Waals surface area contributed by atoms with Gasteiger partial charge >= 0.3 is 0 Å². The molecule has 2 heteroatoms. The number of rotatable bonds is 5. The van der Waals surface area contributed by atoms with E-state index in [0.717, 1.165) is 24.2 Å². The van der Waals surface area contributed by atoms with E-state index >= 15 is 0 Å². The first kappa shape index (κ1) is 12.8. The Kier molecular flexibility index (Phi) is 4.11. The minimum absolute atomic E-state index is 0.228. The molecule has 0 fully saturated rings. The third-order valence-corrected chi connectivity index (χ3v) is 3.50. The van der Waals surface area contributed by atoms with Crippen LogP contribution >= 0.6 is 0 Å². The van der Waals surface area contributed by atoms with E-state index in [1.807, 2.05) is 24.3 Å². The first-order valence-electron chi connectivity index (χ1n) is 5.76. The van der Waals surface area contributed by atoms with Gasteiger partial charge in [0.15, 0.2) is 0 Å². The summed E-state index contributed by atoms with van der Waals surface area (Å²) in [6.45, 7) is 5.79. The number of hydrogen-bond acceptors (Lipinski definition) is 2. The Morgan fingerprint density at radius 2 is 1.94 bits per heavy atom. The summed E-state index contributed by atoms with van der Waals surface area (Å²) in [6.07, 6.45) is 1.65.